The van der Waals surface area contributed by atoms with E-state index in [-0.39, 0.29) is 24.2 Å². The molecule has 6 nitrogen and oxygen atoms in total. The van der Waals surface area contributed by atoms with E-state index in [1.54, 1.807) is 9.80 Å². The first kappa shape index (κ1) is 19.4. The van der Waals surface area contributed by atoms with Gasteiger partial charge in [0, 0.05) is 31.7 Å². The van der Waals surface area contributed by atoms with Crippen molar-refractivity contribution in [3.8, 4) is 0 Å². The lowest BCUT2D eigenvalue weighted by atomic mass is 9.92. The molecule has 0 unspecified atom stereocenters. The van der Waals surface area contributed by atoms with E-state index >= 15 is 0 Å². The highest BCUT2D eigenvalue weighted by molar-refractivity contribution is 6.09. The Hall–Kier alpha value is -2.37. The molecule has 2 aliphatic heterocycles. The number of piperidine rings is 1. The highest BCUT2D eigenvalue weighted by Gasteiger charge is 2.40. The molecule has 0 saturated carbocycles. The highest BCUT2D eigenvalue weighted by atomic mass is 16.4. The van der Waals surface area contributed by atoms with Gasteiger partial charge in [-0.3, -0.25) is 14.4 Å². The van der Waals surface area contributed by atoms with Gasteiger partial charge in [0.15, 0.2) is 0 Å². The van der Waals surface area contributed by atoms with Crippen LogP contribution in [0.2, 0.25) is 0 Å². The second-order valence-electron chi connectivity index (χ2n) is 7.82. The Morgan fingerprint density at radius 2 is 1.93 bits per heavy atom. The first-order valence-corrected chi connectivity index (χ1v) is 9.76. The van der Waals surface area contributed by atoms with Crippen LogP contribution in [-0.4, -0.2) is 47.4 Å². The predicted molar refractivity (Wildman–Crippen MR) is 103 cm³/mol. The Bertz CT molecular complexity index is 746. The molecule has 2 amide bonds. The molecular weight excluding hydrogens is 344 g/mol. The molecule has 1 N–H and O–H groups in total. The number of likely N-dealkylation sites (tertiary alicyclic amines) is 1. The maximum Gasteiger partial charge on any atom is 0.303 e. The summed E-state index contributed by atoms with van der Waals surface area (Å²) < 4.78 is 0. The van der Waals surface area contributed by atoms with Gasteiger partial charge < -0.3 is 14.9 Å². The Labute approximate surface area is 160 Å². The Kier molecular flexibility index (Phi) is 5.82. The minimum atomic E-state index is -0.798. The lowest BCUT2D eigenvalue weighted by molar-refractivity contribution is -0.141. The summed E-state index contributed by atoms with van der Waals surface area (Å²) >= 11 is 0. The fourth-order valence-electron chi connectivity index (χ4n) is 4.11. The first-order valence-electron chi connectivity index (χ1n) is 9.76. The predicted octanol–water partition coefficient (Wildman–Crippen LogP) is 2.76. The van der Waals surface area contributed by atoms with Crippen LogP contribution in [0.3, 0.4) is 0 Å². The molecule has 0 spiro atoms. The molecule has 2 saturated heterocycles. The molecule has 0 aromatic heterocycles. The zero-order valence-corrected chi connectivity index (χ0v) is 16.1. The number of amides is 2. The van der Waals surface area contributed by atoms with E-state index in [2.05, 4.69) is 0 Å². The number of anilines is 1. The average molecular weight is 372 g/mol. The van der Waals surface area contributed by atoms with Crippen LogP contribution in [-0.2, 0) is 14.4 Å². The number of carbonyl (C=O) groups excluding carboxylic acids is 2. The van der Waals surface area contributed by atoms with Gasteiger partial charge in [-0.1, -0.05) is 6.07 Å². The van der Waals surface area contributed by atoms with Gasteiger partial charge in [0.2, 0.25) is 11.8 Å². The lowest BCUT2D eigenvalue weighted by Gasteiger charge is -2.34. The summed E-state index contributed by atoms with van der Waals surface area (Å²) in [5.41, 5.74) is 3.17. The van der Waals surface area contributed by atoms with E-state index in [0.29, 0.717) is 32.5 Å². The Morgan fingerprint density at radius 1 is 1.15 bits per heavy atom. The number of rotatable bonds is 5. The normalized spacial score (nSPS) is 23.0. The maximum atomic E-state index is 13.0. The molecule has 2 fully saturated rings. The largest absolute Gasteiger partial charge is 0.481 e. The zero-order valence-electron chi connectivity index (χ0n) is 16.1. The third kappa shape index (κ3) is 4.31. The summed E-state index contributed by atoms with van der Waals surface area (Å²) in [6.45, 7) is 5.85. The molecular formula is C21H28N2O4. The van der Waals surface area contributed by atoms with E-state index < -0.39 is 11.9 Å². The third-order valence-electron chi connectivity index (χ3n) is 5.90. The van der Waals surface area contributed by atoms with Crippen LogP contribution in [0.1, 0.15) is 43.2 Å². The van der Waals surface area contributed by atoms with Gasteiger partial charge in [-0.2, -0.15) is 0 Å². The summed E-state index contributed by atoms with van der Waals surface area (Å²) in [5.74, 6) is -1.40. The molecule has 2 aliphatic rings. The standard InChI is InChI=1S/C21H28N2O4/c1-14-5-7-17(12-15(14)2)23-11-9-18(21(23)27)20(26)22-10-3-4-16(13-22)6-8-19(24)25/h5,7,12,16,18H,3-4,6,8-11,13H2,1-2H3,(H,24,25)/t16-,18-/m1/s1. The second kappa shape index (κ2) is 8.11. The number of aryl methyl sites for hydroxylation is 2. The van der Waals surface area contributed by atoms with Crippen molar-refractivity contribution in [2.24, 2.45) is 11.8 Å². The topological polar surface area (TPSA) is 77.9 Å². The van der Waals surface area contributed by atoms with Gasteiger partial charge in [-0.25, -0.2) is 0 Å². The van der Waals surface area contributed by atoms with Crippen LogP contribution in [0.15, 0.2) is 18.2 Å². The highest BCUT2D eigenvalue weighted by Crippen LogP contribution is 2.30. The number of carboxylic acids is 1. The molecule has 27 heavy (non-hydrogen) atoms. The van der Waals surface area contributed by atoms with Crippen molar-refractivity contribution in [1.29, 1.82) is 0 Å². The quantitative estimate of drug-likeness (QED) is 0.806. The monoisotopic (exact) mass is 372 g/mol. The number of aliphatic carboxylic acids is 1. The minimum Gasteiger partial charge on any atom is -0.481 e. The Balaban J connectivity index is 1.64. The minimum absolute atomic E-state index is 0.0913. The van der Waals surface area contributed by atoms with Crippen molar-refractivity contribution < 1.29 is 19.5 Å². The molecule has 0 bridgehead atoms. The zero-order chi connectivity index (χ0) is 19.6. The average Bonchev–Trinajstić information content (AvgIpc) is 3.03. The molecule has 0 aliphatic carbocycles. The fraction of sp³-hybridized carbons (Fsp3) is 0.571. The van der Waals surface area contributed by atoms with E-state index in [4.69, 9.17) is 5.11 Å². The summed E-state index contributed by atoms with van der Waals surface area (Å²) in [7, 11) is 0. The van der Waals surface area contributed by atoms with Crippen molar-refractivity contribution in [2.45, 2.75) is 46.0 Å². The maximum absolute atomic E-state index is 13.0. The van der Waals surface area contributed by atoms with Gasteiger partial charge >= 0.3 is 5.97 Å². The number of hydrogen-bond donors (Lipinski definition) is 1. The third-order valence-corrected chi connectivity index (χ3v) is 5.90. The number of hydrogen-bond acceptors (Lipinski definition) is 3. The molecule has 146 valence electrons. The van der Waals surface area contributed by atoms with Crippen LogP contribution in [0.4, 0.5) is 5.69 Å². The van der Waals surface area contributed by atoms with Gasteiger partial charge in [0.05, 0.1) is 0 Å². The van der Waals surface area contributed by atoms with Crippen LogP contribution >= 0.6 is 0 Å². The molecule has 1 aromatic carbocycles. The molecule has 2 heterocycles. The van der Waals surface area contributed by atoms with Crippen molar-refractivity contribution in [1.82, 2.24) is 4.90 Å². The van der Waals surface area contributed by atoms with Crippen LogP contribution in [0.25, 0.3) is 0 Å². The van der Waals surface area contributed by atoms with E-state index in [9.17, 15) is 14.4 Å². The SMILES string of the molecule is Cc1ccc(N2CC[C@H](C(=O)N3CCC[C@H](CCC(=O)O)C3)C2=O)cc1C. The van der Waals surface area contributed by atoms with Crippen molar-refractivity contribution in [3.63, 3.8) is 0 Å². The van der Waals surface area contributed by atoms with Crippen molar-refractivity contribution in [2.75, 3.05) is 24.5 Å². The lowest BCUT2D eigenvalue weighted by Crippen LogP contribution is -2.45. The van der Waals surface area contributed by atoms with Crippen LogP contribution in [0, 0.1) is 25.7 Å². The van der Waals surface area contributed by atoms with Crippen molar-refractivity contribution >= 4 is 23.5 Å². The van der Waals surface area contributed by atoms with Crippen LogP contribution in [0.5, 0.6) is 0 Å². The number of benzene rings is 1. The molecule has 6 heteroatoms. The molecule has 3 rings (SSSR count). The van der Waals surface area contributed by atoms with Crippen molar-refractivity contribution in [3.05, 3.63) is 29.3 Å². The van der Waals surface area contributed by atoms with Crippen LogP contribution < -0.4 is 4.90 Å². The smallest absolute Gasteiger partial charge is 0.303 e. The summed E-state index contributed by atoms with van der Waals surface area (Å²) in [4.78, 5) is 40.1. The summed E-state index contributed by atoms with van der Waals surface area (Å²) in [6.07, 6.45) is 3.09. The van der Waals surface area contributed by atoms with E-state index in [1.807, 2.05) is 32.0 Å². The van der Waals surface area contributed by atoms with Gasteiger partial charge in [0.1, 0.15) is 5.92 Å². The van der Waals surface area contributed by atoms with E-state index in [1.165, 1.54) is 5.56 Å². The number of carboxylic acid groups (broad SMARTS) is 1. The molecule has 0 radical (unpaired) electrons. The summed E-state index contributed by atoms with van der Waals surface area (Å²) in [6, 6.07) is 5.95. The summed E-state index contributed by atoms with van der Waals surface area (Å²) in [5, 5.41) is 8.87. The molecule has 2 atom stereocenters. The van der Waals surface area contributed by atoms with Gasteiger partial charge in [0.25, 0.3) is 0 Å². The molecule has 1 aromatic rings. The Morgan fingerprint density at radius 3 is 2.63 bits per heavy atom. The fourth-order valence-corrected chi connectivity index (χ4v) is 4.11. The number of nitrogens with zero attached hydrogens (tertiary/aromatic N) is 2. The first-order chi connectivity index (χ1) is 12.9. The van der Waals surface area contributed by atoms with Gasteiger partial charge in [-0.15, -0.1) is 0 Å². The second-order valence-corrected chi connectivity index (χ2v) is 7.82. The number of carbonyl (C=O) groups is 3. The van der Waals surface area contributed by atoms with Gasteiger partial charge in [-0.05, 0) is 68.7 Å². The van der Waals surface area contributed by atoms with E-state index in [0.717, 1.165) is 24.1 Å².